The number of aryl methyl sites for hydroxylation is 1. The molecule has 7 heteroatoms. The molecule has 0 saturated carbocycles. The van der Waals surface area contributed by atoms with Gasteiger partial charge in [0.1, 0.15) is 11.5 Å². The first-order valence-electron chi connectivity index (χ1n) is 6.70. The van der Waals surface area contributed by atoms with Gasteiger partial charge >= 0.3 is 6.36 Å². The van der Waals surface area contributed by atoms with Gasteiger partial charge in [-0.1, -0.05) is 28.1 Å². The van der Waals surface area contributed by atoms with Crippen molar-refractivity contribution >= 4 is 15.9 Å². The van der Waals surface area contributed by atoms with Gasteiger partial charge in [-0.15, -0.1) is 13.2 Å². The molecule has 0 fully saturated rings. The second-order valence-corrected chi connectivity index (χ2v) is 5.95. The van der Waals surface area contributed by atoms with Gasteiger partial charge in [-0.05, 0) is 48.7 Å². The smallest absolute Gasteiger partial charge is 0.508 e. The third-order valence-electron chi connectivity index (χ3n) is 3.49. The molecular formula is C16H15BrF3NO2. The van der Waals surface area contributed by atoms with Gasteiger partial charge in [0.05, 0.1) is 6.04 Å². The molecule has 0 bridgehead atoms. The van der Waals surface area contributed by atoms with Crippen LogP contribution in [0.2, 0.25) is 0 Å². The monoisotopic (exact) mass is 389 g/mol. The molecule has 2 rings (SSSR count). The van der Waals surface area contributed by atoms with Crippen LogP contribution in [-0.4, -0.2) is 11.5 Å². The zero-order valence-electron chi connectivity index (χ0n) is 12.4. The number of phenols is 1. The Morgan fingerprint density at radius 1 is 1.17 bits per heavy atom. The molecular weight excluding hydrogens is 375 g/mol. The second-order valence-electron chi connectivity index (χ2n) is 5.16. The number of phenolic OH excluding ortho intramolecular Hbond substituents is 1. The van der Waals surface area contributed by atoms with Gasteiger partial charge in [0.2, 0.25) is 0 Å². The molecule has 0 heterocycles. The van der Waals surface area contributed by atoms with Crippen molar-refractivity contribution in [3.8, 4) is 11.5 Å². The standard InChI is InChI=1S/C16H15BrF3NO2/c1-8-7-12(22)13(9(2)14(8)17)15(21)10-3-5-11(6-4-10)23-16(18,19)20/h3-7,15,22H,21H2,1-2H3/t15-/m0/s1. The predicted molar refractivity (Wildman–Crippen MR) is 84.4 cm³/mol. The number of hydrogen-bond acceptors (Lipinski definition) is 3. The molecule has 0 spiro atoms. The summed E-state index contributed by atoms with van der Waals surface area (Å²) < 4.78 is 41.2. The molecule has 0 aliphatic carbocycles. The van der Waals surface area contributed by atoms with E-state index in [1.165, 1.54) is 24.3 Å². The lowest BCUT2D eigenvalue weighted by Crippen LogP contribution is -2.17. The molecule has 0 aromatic heterocycles. The normalized spacial score (nSPS) is 13.0. The van der Waals surface area contributed by atoms with Crippen molar-refractivity contribution in [2.24, 2.45) is 5.73 Å². The number of ether oxygens (including phenoxy) is 1. The highest BCUT2D eigenvalue weighted by Gasteiger charge is 2.31. The Bertz CT molecular complexity index is 715. The Morgan fingerprint density at radius 3 is 2.26 bits per heavy atom. The van der Waals surface area contributed by atoms with Crippen molar-refractivity contribution in [3.63, 3.8) is 0 Å². The summed E-state index contributed by atoms with van der Waals surface area (Å²) in [6.45, 7) is 3.66. The average molecular weight is 390 g/mol. The number of benzene rings is 2. The number of alkyl halides is 3. The first-order chi connectivity index (χ1) is 10.6. The van der Waals surface area contributed by atoms with Crippen LogP contribution in [-0.2, 0) is 0 Å². The SMILES string of the molecule is Cc1cc(O)c([C@@H](N)c2ccc(OC(F)(F)F)cc2)c(C)c1Br. The molecule has 0 radical (unpaired) electrons. The molecule has 1 atom stereocenters. The molecule has 3 N–H and O–H groups in total. The Labute approximate surface area is 140 Å². The van der Waals surface area contributed by atoms with Crippen molar-refractivity contribution in [1.29, 1.82) is 0 Å². The van der Waals surface area contributed by atoms with E-state index in [1.54, 1.807) is 6.07 Å². The first-order valence-corrected chi connectivity index (χ1v) is 7.49. The Kier molecular flexibility index (Phi) is 4.91. The van der Waals surface area contributed by atoms with Gasteiger partial charge in [0, 0.05) is 10.0 Å². The van der Waals surface area contributed by atoms with Gasteiger partial charge in [-0.3, -0.25) is 0 Å². The molecule has 0 aliphatic rings. The van der Waals surface area contributed by atoms with Crippen molar-refractivity contribution in [2.75, 3.05) is 0 Å². The van der Waals surface area contributed by atoms with Gasteiger partial charge in [0.15, 0.2) is 0 Å². The fourth-order valence-corrected chi connectivity index (χ4v) is 2.72. The molecule has 2 aromatic rings. The van der Waals surface area contributed by atoms with E-state index >= 15 is 0 Å². The topological polar surface area (TPSA) is 55.5 Å². The van der Waals surface area contributed by atoms with Gasteiger partial charge in [-0.2, -0.15) is 0 Å². The molecule has 124 valence electrons. The Morgan fingerprint density at radius 2 is 1.74 bits per heavy atom. The summed E-state index contributed by atoms with van der Waals surface area (Å²) in [7, 11) is 0. The van der Waals surface area contributed by atoms with E-state index in [4.69, 9.17) is 5.73 Å². The summed E-state index contributed by atoms with van der Waals surface area (Å²) in [4.78, 5) is 0. The minimum Gasteiger partial charge on any atom is -0.508 e. The third-order valence-corrected chi connectivity index (χ3v) is 4.71. The summed E-state index contributed by atoms with van der Waals surface area (Å²) >= 11 is 3.44. The largest absolute Gasteiger partial charge is 0.573 e. The number of nitrogens with two attached hydrogens (primary N) is 1. The maximum Gasteiger partial charge on any atom is 0.573 e. The molecule has 0 unspecified atom stereocenters. The summed E-state index contributed by atoms with van der Waals surface area (Å²) in [5.41, 5.74) is 8.90. The molecule has 3 nitrogen and oxygen atoms in total. The van der Waals surface area contributed by atoms with E-state index in [0.717, 1.165) is 15.6 Å². The lowest BCUT2D eigenvalue weighted by molar-refractivity contribution is -0.274. The molecule has 0 amide bonds. The maximum atomic E-state index is 12.2. The fourth-order valence-electron chi connectivity index (χ4n) is 2.39. The van der Waals surface area contributed by atoms with E-state index in [1.807, 2.05) is 13.8 Å². The number of aromatic hydroxyl groups is 1. The van der Waals surface area contributed by atoms with Crippen molar-refractivity contribution < 1.29 is 23.0 Å². The summed E-state index contributed by atoms with van der Waals surface area (Å²) in [5, 5.41) is 10.2. The van der Waals surface area contributed by atoms with E-state index in [9.17, 15) is 18.3 Å². The van der Waals surface area contributed by atoms with Crippen molar-refractivity contribution in [3.05, 3.63) is 57.1 Å². The summed E-state index contributed by atoms with van der Waals surface area (Å²) in [6.07, 6.45) is -4.74. The van der Waals surface area contributed by atoms with Gasteiger partial charge in [-0.25, -0.2) is 0 Å². The lowest BCUT2D eigenvalue weighted by atomic mass is 9.93. The quantitative estimate of drug-likeness (QED) is 0.798. The summed E-state index contributed by atoms with van der Waals surface area (Å²) in [6, 6.07) is 6.19. The van der Waals surface area contributed by atoms with Gasteiger partial charge in [0.25, 0.3) is 0 Å². The zero-order valence-corrected chi connectivity index (χ0v) is 14.0. The van der Waals surface area contributed by atoms with Crippen LogP contribution in [0, 0.1) is 13.8 Å². The molecule has 0 saturated heterocycles. The number of halogens is 4. The highest BCUT2D eigenvalue weighted by molar-refractivity contribution is 9.10. The van der Waals surface area contributed by atoms with Crippen LogP contribution in [0.15, 0.2) is 34.8 Å². The van der Waals surface area contributed by atoms with Crippen LogP contribution in [0.5, 0.6) is 11.5 Å². The van der Waals surface area contributed by atoms with Crippen LogP contribution in [0.25, 0.3) is 0 Å². The highest BCUT2D eigenvalue weighted by atomic mass is 79.9. The number of hydrogen-bond donors (Lipinski definition) is 2. The first kappa shape index (κ1) is 17.6. The lowest BCUT2D eigenvalue weighted by Gasteiger charge is -2.19. The van der Waals surface area contributed by atoms with Crippen molar-refractivity contribution in [1.82, 2.24) is 0 Å². The third kappa shape index (κ3) is 3.97. The molecule has 23 heavy (non-hydrogen) atoms. The van der Waals surface area contributed by atoms with Crippen LogP contribution < -0.4 is 10.5 Å². The van der Waals surface area contributed by atoms with Crippen molar-refractivity contribution in [2.45, 2.75) is 26.3 Å². The summed E-state index contributed by atoms with van der Waals surface area (Å²) in [5.74, 6) is -0.272. The number of rotatable bonds is 3. The Hall–Kier alpha value is -1.73. The molecule has 0 aliphatic heterocycles. The van der Waals surface area contributed by atoms with E-state index in [0.29, 0.717) is 11.1 Å². The maximum absolute atomic E-state index is 12.2. The Balaban J connectivity index is 2.35. The van der Waals surface area contributed by atoms with E-state index in [-0.39, 0.29) is 11.5 Å². The van der Waals surface area contributed by atoms with Crippen LogP contribution in [0.3, 0.4) is 0 Å². The van der Waals surface area contributed by atoms with Crippen LogP contribution >= 0.6 is 15.9 Å². The van der Waals surface area contributed by atoms with Gasteiger partial charge < -0.3 is 15.6 Å². The van der Waals surface area contributed by atoms with E-state index < -0.39 is 12.4 Å². The average Bonchev–Trinajstić information content (AvgIpc) is 2.44. The molecule has 2 aromatic carbocycles. The zero-order chi connectivity index (χ0) is 17.4. The predicted octanol–water partition coefficient (Wildman–Crippen LogP) is 4.72. The van der Waals surface area contributed by atoms with Crippen LogP contribution in [0.1, 0.15) is 28.3 Å². The van der Waals surface area contributed by atoms with E-state index in [2.05, 4.69) is 20.7 Å². The van der Waals surface area contributed by atoms with Crippen LogP contribution in [0.4, 0.5) is 13.2 Å². The fraction of sp³-hybridized carbons (Fsp3) is 0.250. The second kappa shape index (κ2) is 6.41. The minimum absolute atomic E-state index is 0.0475. The highest BCUT2D eigenvalue weighted by Crippen LogP contribution is 2.37. The minimum atomic E-state index is -4.74.